The maximum atomic E-state index is 11.2. The van der Waals surface area contributed by atoms with E-state index in [-0.39, 0.29) is 6.16 Å². The summed E-state index contributed by atoms with van der Waals surface area (Å²) >= 11 is 16.6. The minimum absolute atomic E-state index is 0.333. The van der Waals surface area contributed by atoms with Gasteiger partial charge in [-0.3, -0.25) is 4.57 Å². The number of hydrazone groups is 3. The van der Waals surface area contributed by atoms with Crippen molar-refractivity contribution in [2.24, 2.45) is 15.3 Å². The molecule has 0 heterocycles. The summed E-state index contributed by atoms with van der Waals surface area (Å²) in [5, 5.41) is 13.3. The van der Waals surface area contributed by atoms with Crippen LogP contribution in [0.25, 0.3) is 0 Å². The normalized spacial score (nSPS) is 13.5. The lowest BCUT2D eigenvalue weighted by Gasteiger charge is -2.17. The highest BCUT2D eigenvalue weighted by molar-refractivity contribution is 8.02. The van der Waals surface area contributed by atoms with Crippen molar-refractivity contribution < 1.29 is 32.7 Å². The molecule has 0 bridgehead atoms. The zero-order valence-corrected chi connectivity index (χ0v) is 34.8. The second kappa shape index (κ2) is 20.2. The highest BCUT2D eigenvalue weighted by Crippen LogP contribution is 2.40. The van der Waals surface area contributed by atoms with Crippen LogP contribution < -0.4 is 18.3 Å². The third-order valence-corrected chi connectivity index (χ3v) is 13.8. The van der Waals surface area contributed by atoms with Gasteiger partial charge in [-0.25, -0.2) is 14.3 Å². The van der Waals surface area contributed by atoms with Crippen LogP contribution in [0.2, 0.25) is 0 Å². The zero-order valence-electron chi connectivity index (χ0n) is 28.5. The molecule has 52 heavy (non-hydrogen) atoms. The number of benzene rings is 4. The van der Waals surface area contributed by atoms with Gasteiger partial charge < -0.3 is 28.1 Å². The van der Waals surface area contributed by atoms with Crippen LogP contribution in [0.1, 0.15) is 22.3 Å². The predicted molar refractivity (Wildman–Crippen MR) is 223 cm³/mol. The number of methoxy groups -OCH3 is 1. The average molecular weight is 839 g/mol. The molecular formula is C32H38N6O7P4S3. The van der Waals surface area contributed by atoms with Gasteiger partial charge in [-0.2, -0.15) is 15.3 Å². The van der Waals surface area contributed by atoms with Gasteiger partial charge in [-0.15, -0.1) is 0 Å². The van der Waals surface area contributed by atoms with E-state index in [0.717, 1.165) is 22.4 Å². The Morgan fingerprint density at radius 1 is 0.577 bits per heavy atom. The third kappa shape index (κ3) is 14.2. The Kier molecular flexibility index (Phi) is 16.0. The molecule has 0 aromatic heterocycles. The van der Waals surface area contributed by atoms with Crippen molar-refractivity contribution in [3.05, 3.63) is 119 Å². The Labute approximate surface area is 320 Å². The van der Waals surface area contributed by atoms with Crippen LogP contribution in [0.15, 0.2) is 112 Å². The van der Waals surface area contributed by atoms with Gasteiger partial charge in [-0.05, 0) is 143 Å². The minimum atomic E-state index is -4.14. The minimum Gasteiger partial charge on any atom is -0.497 e. The fourth-order valence-corrected chi connectivity index (χ4v) is 7.78. The van der Waals surface area contributed by atoms with Crippen LogP contribution in [-0.4, -0.2) is 71.0 Å². The van der Waals surface area contributed by atoms with Crippen molar-refractivity contribution in [3.8, 4) is 23.0 Å². The summed E-state index contributed by atoms with van der Waals surface area (Å²) in [5.41, 5.74) is 3.11. The summed E-state index contributed by atoms with van der Waals surface area (Å²) < 4.78 is 39.0. The van der Waals surface area contributed by atoms with Gasteiger partial charge in [-0.1, -0.05) is 12.1 Å². The number of rotatable bonds is 18. The molecule has 0 aliphatic carbocycles. The van der Waals surface area contributed by atoms with Crippen molar-refractivity contribution in [2.45, 2.75) is 6.16 Å². The smallest absolute Gasteiger partial charge is 0.329 e. The average Bonchev–Trinajstić information content (AvgIpc) is 3.13. The van der Waals surface area contributed by atoms with Crippen LogP contribution in [0.4, 0.5) is 0 Å². The highest BCUT2D eigenvalue weighted by Gasteiger charge is 2.14. The van der Waals surface area contributed by atoms with Crippen molar-refractivity contribution in [1.29, 1.82) is 0 Å². The summed E-state index contributed by atoms with van der Waals surface area (Å²) in [6.45, 7) is 0. The number of ether oxygens (including phenoxy) is 1. The molecule has 0 fully saturated rings. The summed E-state index contributed by atoms with van der Waals surface area (Å²) in [6.07, 6.45) is 4.75. The first-order valence-corrected chi connectivity index (χ1v) is 24.5. The van der Waals surface area contributed by atoms with E-state index in [1.165, 1.54) is 0 Å². The number of hydrogen-bond donors (Lipinski definition) is 2. The van der Waals surface area contributed by atoms with E-state index in [1.54, 1.807) is 97.6 Å². The second-order valence-electron chi connectivity index (χ2n) is 10.8. The van der Waals surface area contributed by atoms with Gasteiger partial charge in [0.25, 0.3) is 0 Å². The molecule has 0 aliphatic heterocycles. The van der Waals surface area contributed by atoms with Crippen LogP contribution >= 0.6 is 28.8 Å². The van der Waals surface area contributed by atoms with Gasteiger partial charge >= 0.3 is 7.60 Å². The van der Waals surface area contributed by atoms with Crippen molar-refractivity contribution in [2.75, 3.05) is 28.3 Å². The Balaban J connectivity index is 1.21. The van der Waals surface area contributed by atoms with Crippen LogP contribution in [-0.2, 0) is 46.1 Å². The molecule has 276 valence electrons. The topological polar surface area (TPSA) is 141 Å². The Morgan fingerprint density at radius 2 is 0.865 bits per heavy atom. The molecule has 0 spiro atoms. The molecule has 3 unspecified atom stereocenters. The molecule has 4 rings (SSSR count). The van der Waals surface area contributed by atoms with Crippen LogP contribution in [0, 0.1) is 0 Å². The Hall–Kier alpha value is -3.41. The van der Waals surface area contributed by atoms with Crippen LogP contribution in [0.3, 0.4) is 0 Å². The van der Waals surface area contributed by atoms with Gasteiger partial charge in [0.15, 0.2) is 0 Å². The standard InChI is InChI=1S/C32H38N6O7P4S3/c1-36(33-21-25-5-13-29(42-4)14-6-25)46(50)43-30-15-7-26(8-16-30)22-34-37(2)47(51)44-31-17-9-27(10-18-31)23-35-38(3)48(52)45-32-19-11-28(12-20-32)24-49(39,40)41/h5-23,46-48H,24H2,1-4H3,(H2,39,40,41)/b33-21+,34-22+,35-23+. The van der Waals surface area contributed by atoms with Gasteiger partial charge in [0.1, 0.15) is 23.0 Å². The third-order valence-electron chi connectivity index (χ3n) is 6.74. The first kappa shape index (κ1) is 41.3. The Morgan fingerprint density at radius 3 is 1.15 bits per heavy atom. The van der Waals surface area contributed by atoms with Crippen LogP contribution in [0.5, 0.6) is 23.0 Å². The molecule has 20 heteroatoms. The molecule has 0 radical (unpaired) electrons. The molecule has 4 aromatic carbocycles. The van der Waals surface area contributed by atoms with Crippen molar-refractivity contribution in [1.82, 2.24) is 14.3 Å². The molecule has 13 nitrogen and oxygen atoms in total. The maximum Gasteiger partial charge on any atom is 0.329 e. The zero-order chi connectivity index (χ0) is 37.7. The van der Waals surface area contributed by atoms with E-state index >= 15 is 0 Å². The number of hydrogen-bond acceptors (Lipinski definition) is 11. The van der Waals surface area contributed by atoms with E-state index in [1.807, 2.05) is 60.7 Å². The lowest BCUT2D eigenvalue weighted by molar-refractivity contribution is 0.371. The largest absolute Gasteiger partial charge is 0.497 e. The monoisotopic (exact) mass is 838 g/mol. The SMILES string of the molecule is COc1ccc(/C=N/N(C)[PH](=S)Oc2ccc(/C=N/N(C)[PH](=S)Oc3ccc(/C=N/N(C)[PH](=S)Oc4ccc(CP(=O)(O)O)cc4)cc3)cc2)cc1. The van der Waals surface area contributed by atoms with Crippen molar-refractivity contribution in [3.63, 3.8) is 0 Å². The molecule has 0 saturated carbocycles. The predicted octanol–water partition coefficient (Wildman–Crippen LogP) is 6.93. The van der Waals surface area contributed by atoms with E-state index in [2.05, 4.69) is 15.3 Å². The maximum absolute atomic E-state index is 11.2. The van der Waals surface area contributed by atoms with Gasteiger partial charge in [0.05, 0.1) is 31.9 Å². The molecule has 0 aliphatic rings. The Bertz CT molecular complexity index is 1980. The molecule has 0 saturated heterocycles. The van der Waals surface area contributed by atoms with E-state index in [4.69, 9.17) is 63.5 Å². The molecule has 4 aromatic rings. The first-order chi connectivity index (χ1) is 24.8. The molecule has 2 N–H and O–H groups in total. The van der Waals surface area contributed by atoms with Crippen molar-refractivity contribution >= 4 is 82.9 Å². The number of nitrogens with zero attached hydrogens (tertiary/aromatic N) is 6. The lowest BCUT2D eigenvalue weighted by Crippen LogP contribution is -2.04. The lowest BCUT2D eigenvalue weighted by atomic mass is 10.2. The van der Waals surface area contributed by atoms with E-state index < -0.39 is 28.8 Å². The molecule has 3 atom stereocenters. The quantitative estimate of drug-likeness (QED) is 0.0609. The summed E-state index contributed by atoms with van der Waals surface area (Å²) in [7, 11) is -2.86. The second-order valence-corrected chi connectivity index (χ2v) is 19.7. The highest BCUT2D eigenvalue weighted by atomic mass is 32.4. The summed E-state index contributed by atoms with van der Waals surface area (Å²) in [4.78, 5) is 18.3. The van der Waals surface area contributed by atoms with E-state index in [9.17, 15) is 4.57 Å². The van der Waals surface area contributed by atoms with Gasteiger partial charge in [0, 0.05) is 21.1 Å². The fraction of sp³-hybridized carbons (Fsp3) is 0.156. The molecular weight excluding hydrogens is 800 g/mol. The fourth-order valence-electron chi connectivity index (χ4n) is 3.94. The summed E-state index contributed by atoms with van der Waals surface area (Å²) in [5.74, 6) is 2.53. The molecule has 0 amide bonds. The summed E-state index contributed by atoms with van der Waals surface area (Å²) in [6, 6.07) is 28.8. The van der Waals surface area contributed by atoms with E-state index in [0.29, 0.717) is 22.8 Å². The first-order valence-electron chi connectivity index (χ1n) is 15.2. The van der Waals surface area contributed by atoms with Gasteiger partial charge in [0.2, 0.25) is 21.2 Å².